The fourth-order valence-corrected chi connectivity index (χ4v) is 4.13. The van der Waals surface area contributed by atoms with Crippen molar-refractivity contribution >= 4 is 29.5 Å². The van der Waals surface area contributed by atoms with Crippen LogP contribution in [0.2, 0.25) is 0 Å². The van der Waals surface area contributed by atoms with Crippen LogP contribution in [0.3, 0.4) is 0 Å². The fourth-order valence-electron chi connectivity index (χ4n) is 4.13. The Bertz CT molecular complexity index is 939. The lowest BCUT2D eigenvalue weighted by molar-refractivity contribution is -0.143. The van der Waals surface area contributed by atoms with E-state index < -0.39 is 41.8 Å². The molecule has 38 heavy (non-hydrogen) atoms. The van der Waals surface area contributed by atoms with Gasteiger partial charge in [-0.05, 0) is 43.7 Å². The quantitative estimate of drug-likeness (QED) is 0.221. The highest BCUT2D eigenvalue weighted by atomic mass is 16.2. The van der Waals surface area contributed by atoms with Crippen LogP contribution >= 0.6 is 0 Å². The number of rotatable bonds is 16. The van der Waals surface area contributed by atoms with Gasteiger partial charge in [0, 0.05) is 27.4 Å². The van der Waals surface area contributed by atoms with E-state index >= 15 is 0 Å². The second kappa shape index (κ2) is 16.4. The highest BCUT2D eigenvalue weighted by Crippen LogP contribution is 2.13. The third-order valence-electron chi connectivity index (χ3n) is 6.31. The number of likely N-dealkylation sites (N-methyl/N-ethyl adjacent to an activating group) is 2. The van der Waals surface area contributed by atoms with Gasteiger partial charge in [0.15, 0.2) is 0 Å². The number of carbonyl (C=O) groups is 5. The molecular weight excluding hydrogens is 488 g/mol. The number of amides is 5. The van der Waals surface area contributed by atoms with Gasteiger partial charge in [-0.25, -0.2) is 0 Å². The van der Waals surface area contributed by atoms with E-state index in [0.717, 1.165) is 5.56 Å². The molecule has 0 heterocycles. The molecule has 5 amide bonds. The minimum atomic E-state index is -0.948. The van der Waals surface area contributed by atoms with E-state index in [2.05, 4.69) is 10.6 Å². The summed E-state index contributed by atoms with van der Waals surface area (Å²) in [4.78, 5) is 65.7. The lowest BCUT2D eigenvalue weighted by Crippen LogP contribution is -2.56. The summed E-state index contributed by atoms with van der Waals surface area (Å²) in [7, 11) is 2.98. The predicted octanol–water partition coefficient (Wildman–Crippen LogP) is 0.164. The Morgan fingerprint density at radius 1 is 0.947 bits per heavy atom. The van der Waals surface area contributed by atoms with Crippen LogP contribution in [0.1, 0.15) is 52.0 Å². The average molecular weight is 533 g/mol. The first-order valence-corrected chi connectivity index (χ1v) is 13.0. The molecule has 0 aliphatic carbocycles. The molecule has 1 aromatic carbocycles. The zero-order valence-electron chi connectivity index (χ0n) is 23.2. The smallest absolute Gasteiger partial charge is 0.245 e. The number of hydrogen-bond acceptors (Lipinski definition) is 6. The summed E-state index contributed by atoms with van der Waals surface area (Å²) in [6.45, 7) is 5.27. The molecule has 0 aromatic heterocycles. The number of nitrogens with two attached hydrogens (primary N) is 2. The van der Waals surface area contributed by atoms with E-state index in [0.29, 0.717) is 32.2 Å². The molecule has 6 N–H and O–H groups in total. The summed E-state index contributed by atoms with van der Waals surface area (Å²) >= 11 is 0. The van der Waals surface area contributed by atoms with E-state index in [-0.39, 0.29) is 24.8 Å². The molecule has 11 nitrogen and oxygen atoms in total. The van der Waals surface area contributed by atoms with Gasteiger partial charge in [0.25, 0.3) is 0 Å². The van der Waals surface area contributed by atoms with Crippen LogP contribution in [0, 0.1) is 5.92 Å². The summed E-state index contributed by atoms with van der Waals surface area (Å²) in [5.41, 5.74) is 11.9. The second-order valence-corrected chi connectivity index (χ2v) is 9.96. The van der Waals surface area contributed by atoms with Crippen LogP contribution < -0.4 is 22.1 Å². The van der Waals surface area contributed by atoms with Gasteiger partial charge in [0.2, 0.25) is 29.5 Å². The first kappa shape index (κ1) is 32.6. The van der Waals surface area contributed by atoms with Gasteiger partial charge < -0.3 is 31.9 Å². The molecule has 0 fully saturated rings. The number of nitrogens with one attached hydrogen (secondary N) is 2. The van der Waals surface area contributed by atoms with Crippen molar-refractivity contribution in [1.29, 1.82) is 0 Å². The minimum Gasteiger partial charge on any atom is -0.368 e. The second-order valence-electron chi connectivity index (χ2n) is 9.96. The van der Waals surface area contributed by atoms with Crippen molar-refractivity contribution in [3.63, 3.8) is 0 Å². The van der Waals surface area contributed by atoms with Crippen molar-refractivity contribution < 1.29 is 24.0 Å². The zero-order valence-corrected chi connectivity index (χ0v) is 23.2. The Morgan fingerprint density at radius 3 is 2.11 bits per heavy atom. The molecule has 1 rings (SSSR count). The van der Waals surface area contributed by atoms with Gasteiger partial charge in [0.05, 0.1) is 6.54 Å². The Morgan fingerprint density at radius 2 is 1.58 bits per heavy atom. The van der Waals surface area contributed by atoms with Gasteiger partial charge in [-0.15, -0.1) is 0 Å². The molecular formula is C27H44N6O5. The van der Waals surface area contributed by atoms with Crippen LogP contribution in [0.4, 0.5) is 0 Å². The molecule has 3 atom stereocenters. The Balaban J connectivity index is 3.08. The maximum absolute atomic E-state index is 13.4. The molecule has 0 aliphatic rings. The lowest BCUT2D eigenvalue weighted by atomic mass is 10.0. The Labute approximate surface area is 225 Å². The summed E-state index contributed by atoms with van der Waals surface area (Å²) in [6.07, 6.45) is 2.31. The van der Waals surface area contributed by atoms with Crippen LogP contribution in [0.15, 0.2) is 30.3 Å². The van der Waals surface area contributed by atoms with Gasteiger partial charge in [-0.1, -0.05) is 44.2 Å². The van der Waals surface area contributed by atoms with Crippen LogP contribution in [-0.2, 0) is 30.4 Å². The Hall–Kier alpha value is -3.47. The van der Waals surface area contributed by atoms with Crippen molar-refractivity contribution in [2.24, 2.45) is 17.4 Å². The van der Waals surface area contributed by atoms with Crippen molar-refractivity contribution in [3.8, 4) is 0 Å². The molecule has 11 heteroatoms. The first-order chi connectivity index (χ1) is 17.9. The van der Waals surface area contributed by atoms with Gasteiger partial charge in [-0.2, -0.15) is 0 Å². The van der Waals surface area contributed by atoms with Crippen LogP contribution in [-0.4, -0.2) is 84.6 Å². The number of nitrogens with zero attached hydrogens (tertiary/aromatic N) is 2. The molecule has 0 saturated carbocycles. The van der Waals surface area contributed by atoms with E-state index in [1.54, 1.807) is 0 Å². The molecule has 212 valence electrons. The maximum Gasteiger partial charge on any atom is 0.245 e. The third-order valence-corrected chi connectivity index (χ3v) is 6.31. The predicted molar refractivity (Wildman–Crippen MR) is 145 cm³/mol. The molecule has 0 unspecified atom stereocenters. The fraction of sp³-hybridized carbons (Fsp3) is 0.593. The molecule has 0 aliphatic heterocycles. The number of carbonyl (C=O) groups excluding carboxylic acids is 5. The number of hydrogen-bond donors (Lipinski definition) is 4. The number of benzene rings is 1. The molecule has 0 saturated heterocycles. The standard InChI is InChI=1S/C27H44N6O5/c1-18(2)15-22(25(29)36)32(4)24(35)17-30-26(37)23(16-20-11-7-6-8-12-20)33(5)27(38)21(31-19(3)34)13-9-10-14-28/h6-8,11-12,18,21-23H,9-10,13-17,28H2,1-5H3,(H2,29,36)(H,30,37)(H,31,34)/t21-,22-,23-/m0/s1. The van der Waals surface area contributed by atoms with E-state index in [1.807, 2.05) is 44.2 Å². The van der Waals surface area contributed by atoms with E-state index in [4.69, 9.17) is 11.5 Å². The molecule has 0 spiro atoms. The van der Waals surface area contributed by atoms with Gasteiger partial charge >= 0.3 is 0 Å². The maximum atomic E-state index is 13.4. The number of unbranched alkanes of at least 4 members (excludes halogenated alkanes) is 1. The van der Waals surface area contributed by atoms with Crippen molar-refractivity contribution in [1.82, 2.24) is 20.4 Å². The topological polar surface area (TPSA) is 168 Å². The monoisotopic (exact) mass is 532 g/mol. The van der Waals surface area contributed by atoms with Crippen molar-refractivity contribution in [3.05, 3.63) is 35.9 Å². The van der Waals surface area contributed by atoms with Crippen molar-refractivity contribution in [2.75, 3.05) is 27.2 Å². The Kier molecular flexibility index (Phi) is 14.0. The highest BCUT2D eigenvalue weighted by Gasteiger charge is 2.33. The summed E-state index contributed by atoms with van der Waals surface area (Å²) in [6, 6.07) is 6.63. The normalized spacial score (nSPS) is 13.2. The van der Waals surface area contributed by atoms with E-state index in [9.17, 15) is 24.0 Å². The summed E-state index contributed by atoms with van der Waals surface area (Å²) < 4.78 is 0. The molecule has 1 aromatic rings. The van der Waals surface area contributed by atoms with Gasteiger partial charge in [-0.3, -0.25) is 24.0 Å². The third kappa shape index (κ3) is 10.9. The van der Waals surface area contributed by atoms with Crippen LogP contribution in [0.5, 0.6) is 0 Å². The molecule has 0 radical (unpaired) electrons. The SMILES string of the molecule is CC(=O)N[C@@H](CCCCN)C(=O)N(C)[C@@H](Cc1ccccc1)C(=O)NCC(=O)N(C)[C@@H](CC(C)C)C(N)=O. The van der Waals surface area contributed by atoms with E-state index in [1.165, 1.54) is 30.8 Å². The summed E-state index contributed by atoms with van der Waals surface area (Å²) in [5.74, 6) is -2.27. The average Bonchev–Trinajstić information content (AvgIpc) is 2.87. The zero-order chi connectivity index (χ0) is 28.8. The first-order valence-electron chi connectivity index (χ1n) is 13.0. The summed E-state index contributed by atoms with van der Waals surface area (Å²) in [5, 5.41) is 5.29. The van der Waals surface area contributed by atoms with Gasteiger partial charge in [0.1, 0.15) is 18.1 Å². The largest absolute Gasteiger partial charge is 0.368 e. The number of primary amides is 1. The molecule has 0 bridgehead atoms. The van der Waals surface area contributed by atoms with Crippen LogP contribution in [0.25, 0.3) is 0 Å². The minimum absolute atomic E-state index is 0.133. The highest BCUT2D eigenvalue weighted by molar-refractivity contribution is 5.94. The van der Waals surface area contributed by atoms with Crippen molar-refractivity contribution in [2.45, 2.75) is 71.0 Å². The lowest BCUT2D eigenvalue weighted by Gasteiger charge is -2.31.